The molecule has 3 nitrogen and oxygen atoms in total. The Bertz CT molecular complexity index is 488. The molecule has 0 radical (unpaired) electrons. The van der Waals surface area contributed by atoms with Gasteiger partial charge in [-0.25, -0.2) is 0 Å². The maximum Gasteiger partial charge on any atom is 0.178 e. The van der Waals surface area contributed by atoms with E-state index in [1.54, 1.807) is 17.3 Å². The number of aromatic nitrogens is 2. The zero-order valence-electron chi connectivity index (χ0n) is 10.0. The molecule has 1 heterocycles. The van der Waals surface area contributed by atoms with Crippen molar-refractivity contribution in [2.75, 3.05) is 6.54 Å². The largest absolute Gasteiger partial charge is 0.313 e. The summed E-state index contributed by atoms with van der Waals surface area (Å²) >= 11 is 9.41. The van der Waals surface area contributed by atoms with Gasteiger partial charge in [-0.2, -0.15) is 0 Å². The van der Waals surface area contributed by atoms with Gasteiger partial charge >= 0.3 is 0 Å². The maximum absolute atomic E-state index is 6.26. The van der Waals surface area contributed by atoms with Crippen molar-refractivity contribution in [1.82, 2.24) is 15.5 Å². The maximum atomic E-state index is 6.26. The number of hydrogen-bond acceptors (Lipinski definition) is 5. The van der Waals surface area contributed by atoms with Gasteiger partial charge in [0.05, 0.1) is 0 Å². The molecule has 6 heteroatoms. The van der Waals surface area contributed by atoms with Gasteiger partial charge in [-0.1, -0.05) is 47.7 Å². The lowest BCUT2D eigenvalue weighted by atomic mass is 10.2. The predicted octanol–water partition coefficient (Wildman–Crippen LogP) is 3.84. The standard InChI is InChI=1S/C12H14ClN3S2/c1-2-6-14-7-9-10(13)4-3-5-11(9)18-12-16-15-8-17-12/h3-5,8,14H,2,6-7H2,1H3. The van der Waals surface area contributed by atoms with Crippen LogP contribution in [0.1, 0.15) is 18.9 Å². The average Bonchev–Trinajstić information content (AvgIpc) is 2.86. The Morgan fingerprint density at radius 3 is 3.06 bits per heavy atom. The highest BCUT2D eigenvalue weighted by Gasteiger charge is 2.09. The summed E-state index contributed by atoms with van der Waals surface area (Å²) in [6.07, 6.45) is 1.11. The molecule has 0 unspecified atom stereocenters. The minimum Gasteiger partial charge on any atom is -0.313 e. The number of benzene rings is 1. The van der Waals surface area contributed by atoms with E-state index in [9.17, 15) is 0 Å². The van der Waals surface area contributed by atoms with Gasteiger partial charge in [0.25, 0.3) is 0 Å². The number of rotatable bonds is 6. The summed E-state index contributed by atoms with van der Waals surface area (Å²) in [6.45, 7) is 3.93. The SMILES string of the molecule is CCCNCc1c(Cl)cccc1Sc1nncs1. The Morgan fingerprint density at radius 1 is 1.44 bits per heavy atom. The van der Waals surface area contributed by atoms with E-state index in [4.69, 9.17) is 11.6 Å². The molecule has 96 valence electrons. The second kappa shape index (κ2) is 7.09. The molecule has 0 atom stereocenters. The van der Waals surface area contributed by atoms with Gasteiger partial charge < -0.3 is 5.32 Å². The first-order chi connectivity index (χ1) is 8.81. The Morgan fingerprint density at radius 2 is 2.33 bits per heavy atom. The van der Waals surface area contributed by atoms with Crippen LogP contribution in [0.3, 0.4) is 0 Å². The van der Waals surface area contributed by atoms with E-state index in [1.807, 2.05) is 12.1 Å². The molecule has 2 rings (SSSR count). The molecular formula is C12H14ClN3S2. The van der Waals surface area contributed by atoms with Crippen molar-refractivity contribution in [2.45, 2.75) is 29.1 Å². The summed E-state index contributed by atoms with van der Waals surface area (Å²) < 4.78 is 0.939. The molecule has 0 spiro atoms. The third kappa shape index (κ3) is 3.68. The molecule has 0 bridgehead atoms. The van der Waals surface area contributed by atoms with Crippen molar-refractivity contribution >= 4 is 34.7 Å². The molecule has 0 amide bonds. The fraction of sp³-hybridized carbons (Fsp3) is 0.333. The number of halogens is 1. The highest BCUT2D eigenvalue weighted by atomic mass is 35.5. The van der Waals surface area contributed by atoms with E-state index in [-0.39, 0.29) is 0 Å². The summed E-state index contributed by atoms with van der Waals surface area (Å²) in [7, 11) is 0. The molecule has 1 aromatic carbocycles. The highest BCUT2D eigenvalue weighted by Crippen LogP contribution is 2.34. The fourth-order valence-electron chi connectivity index (χ4n) is 1.50. The van der Waals surface area contributed by atoms with E-state index in [2.05, 4.69) is 28.5 Å². The first-order valence-corrected chi connectivity index (χ1v) is 7.80. The van der Waals surface area contributed by atoms with E-state index >= 15 is 0 Å². The molecule has 0 saturated heterocycles. The molecule has 18 heavy (non-hydrogen) atoms. The Balaban J connectivity index is 2.15. The van der Waals surface area contributed by atoms with Crippen LogP contribution < -0.4 is 5.32 Å². The van der Waals surface area contributed by atoms with Crippen LogP contribution in [0.5, 0.6) is 0 Å². The van der Waals surface area contributed by atoms with Crippen molar-refractivity contribution in [3.8, 4) is 0 Å². The van der Waals surface area contributed by atoms with Crippen LogP contribution in [0.4, 0.5) is 0 Å². The summed E-state index contributed by atoms with van der Waals surface area (Å²) in [4.78, 5) is 1.14. The van der Waals surface area contributed by atoms with Crippen molar-refractivity contribution in [3.05, 3.63) is 34.3 Å². The number of nitrogens with one attached hydrogen (secondary N) is 1. The van der Waals surface area contributed by atoms with E-state index < -0.39 is 0 Å². The fourth-order valence-corrected chi connectivity index (χ4v) is 3.39. The second-order valence-electron chi connectivity index (χ2n) is 3.70. The van der Waals surface area contributed by atoms with Gasteiger partial charge in [0.15, 0.2) is 4.34 Å². The van der Waals surface area contributed by atoms with Crippen molar-refractivity contribution < 1.29 is 0 Å². The van der Waals surface area contributed by atoms with Gasteiger partial charge in [0, 0.05) is 16.5 Å². The molecule has 0 fully saturated rings. The zero-order valence-corrected chi connectivity index (χ0v) is 12.4. The van der Waals surface area contributed by atoms with Crippen molar-refractivity contribution in [3.63, 3.8) is 0 Å². The summed E-state index contributed by atoms with van der Waals surface area (Å²) in [5.74, 6) is 0. The molecule has 0 aliphatic rings. The van der Waals surface area contributed by atoms with Crippen LogP contribution in [0, 0.1) is 0 Å². The topological polar surface area (TPSA) is 37.8 Å². The van der Waals surface area contributed by atoms with Gasteiger partial charge in [0.1, 0.15) is 5.51 Å². The quantitative estimate of drug-likeness (QED) is 0.822. The monoisotopic (exact) mass is 299 g/mol. The third-order valence-electron chi connectivity index (χ3n) is 2.34. The Hall–Kier alpha value is -0.620. The third-order valence-corrected chi connectivity index (χ3v) is 4.58. The first kappa shape index (κ1) is 13.8. The van der Waals surface area contributed by atoms with Crippen LogP contribution in [-0.2, 0) is 6.54 Å². The minimum atomic E-state index is 0.786. The smallest absolute Gasteiger partial charge is 0.178 e. The van der Waals surface area contributed by atoms with E-state index in [0.29, 0.717) is 0 Å². The minimum absolute atomic E-state index is 0.786. The molecule has 0 aliphatic carbocycles. The molecular weight excluding hydrogens is 286 g/mol. The lowest BCUT2D eigenvalue weighted by molar-refractivity contribution is 0.669. The number of nitrogens with zero attached hydrogens (tertiary/aromatic N) is 2. The Labute approximate surface area is 120 Å². The Kier molecular flexibility index (Phi) is 5.44. The highest BCUT2D eigenvalue weighted by molar-refractivity contribution is 8.01. The molecule has 0 saturated carbocycles. The molecule has 2 aromatic rings. The normalized spacial score (nSPS) is 10.8. The van der Waals surface area contributed by atoms with Gasteiger partial charge in [-0.05, 0) is 30.7 Å². The van der Waals surface area contributed by atoms with Crippen molar-refractivity contribution in [1.29, 1.82) is 0 Å². The van der Waals surface area contributed by atoms with Gasteiger partial charge in [-0.15, -0.1) is 10.2 Å². The molecule has 1 N–H and O–H groups in total. The molecule has 0 aliphatic heterocycles. The predicted molar refractivity (Wildman–Crippen MR) is 77.5 cm³/mol. The van der Waals surface area contributed by atoms with Crippen molar-refractivity contribution in [2.24, 2.45) is 0 Å². The number of hydrogen-bond donors (Lipinski definition) is 1. The van der Waals surface area contributed by atoms with E-state index in [0.717, 1.165) is 39.3 Å². The van der Waals surface area contributed by atoms with Crippen LogP contribution in [-0.4, -0.2) is 16.7 Å². The van der Waals surface area contributed by atoms with Crippen LogP contribution >= 0.6 is 34.7 Å². The summed E-state index contributed by atoms with van der Waals surface area (Å²) in [6, 6.07) is 5.96. The lowest BCUT2D eigenvalue weighted by Crippen LogP contribution is -2.14. The first-order valence-electron chi connectivity index (χ1n) is 5.73. The van der Waals surface area contributed by atoms with Gasteiger partial charge in [-0.3, -0.25) is 0 Å². The molecule has 1 aromatic heterocycles. The van der Waals surface area contributed by atoms with Crippen LogP contribution in [0.15, 0.2) is 32.9 Å². The summed E-state index contributed by atoms with van der Waals surface area (Å²) in [5, 5.41) is 12.1. The van der Waals surface area contributed by atoms with Gasteiger partial charge in [0.2, 0.25) is 0 Å². The summed E-state index contributed by atoms with van der Waals surface area (Å²) in [5.41, 5.74) is 2.87. The van der Waals surface area contributed by atoms with E-state index in [1.165, 1.54) is 11.3 Å². The van der Waals surface area contributed by atoms with Crippen LogP contribution in [0.2, 0.25) is 5.02 Å². The zero-order chi connectivity index (χ0) is 12.8. The lowest BCUT2D eigenvalue weighted by Gasteiger charge is -2.10. The average molecular weight is 300 g/mol. The second-order valence-corrected chi connectivity index (χ2v) is 6.23. The van der Waals surface area contributed by atoms with Crippen LogP contribution in [0.25, 0.3) is 0 Å².